The number of carboxylic acids is 1. The molecule has 3 aromatic rings. The highest BCUT2D eigenvalue weighted by molar-refractivity contribution is 7.89. The molecule has 29 heavy (non-hydrogen) atoms. The smallest absolute Gasteiger partial charge is 0.336 e. The van der Waals surface area contributed by atoms with Crippen LogP contribution in [0.5, 0.6) is 0 Å². The summed E-state index contributed by atoms with van der Waals surface area (Å²) < 4.78 is 26.9. The number of sulfonamides is 1. The van der Waals surface area contributed by atoms with Crippen molar-refractivity contribution in [1.29, 1.82) is 0 Å². The van der Waals surface area contributed by atoms with Gasteiger partial charge in [0.25, 0.3) is 0 Å². The maximum Gasteiger partial charge on any atom is 0.336 e. The SMILES string of the molecule is CCN(CC)S(=O)(=O)c1ccc2nc(-c3cc(Cl)ccc3Cl)cc(C(=O)O)c2c1. The maximum absolute atomic E-state index is 12.8. The zero-order valence-corrected chi connectivity index (χ0v) is 18.0. The standard InChI is InChI=1S/C20H18Cl2N2O4S/c1-3-24(4-2)29(27,28)13-6-8-18-14(10-13)15(20(25)26)11-19(23-18)16-9-12(21)5-7-17(16)22/h5-11H,3-4H2,1-2H3,(H,25,26). The molecule has 0 fully saturated rings. The molecule has 9 heteroatoms. The van der Waals surface area contributed by atoms with Crippen molar-refractivity contribution in [2.45, 2.75) is 18.7 Å². The van der Waals surface area contributed by atoms with E-state index in [0.717, 1.165) is 0 Å². The van der Waals surface area contributed by atoms with Gasteiger partial charge in [-0.3, -0.25) is 0 Å². The average Bonchev–Trinajstić information content (AvgIpc) is 2.69. The van der Waals surface area contributed by atoms with Crippen molar-refractivity contribution in [2.75, 3.05) is 13.1 Å². The topological polar surface area (TPSA) is 87.6 Å². The van der Waals surface area contributed by atoms with E-state index in [1.54, 1.807) is 32.0 Å². The first-order valence-corrected chi connectivity index (χ1v) is 11.0. The number of pyridine rings is 1. The third-order valence-electron chi connectivity index (χ3n) is 4.56. The third kappa shape index (κ3) is 4.09. The molecule has 0 bridgehead atoms. The summed E-state index contributed by atoms with van der Waals surface area (Å²) >= 11 is 12.3. The minimum Gasteiger partial charge on any atom is -0.478 e. The molecular weight excluding hydrogens is 435 g/mol. The third-order valence-corrected chi connectivity index (χ3v) is 7.17. The summed E-state index contributed by atoms with van der Waals surface area (Å²) in [6.07, 6.45) is 0. The normalized spacial score (nSPS) is 11.9. The van der Waals surface area contributed by atoms with Gasteiger partial charge in [0, 0.05) is 29.1 Å². The number of hydrogen-bond donors (Lipinski definition) is 1. The summed E-state index contributed by atoms with van der Waals surface area (Å²) in [4.78, 5) is 16.4. The molecule has 0 radical (unpaired) electrons. The molecule has 1 heterocycles. The van der Waals surface area contributed by atoms with Gasteiger partial charge in [0.1, 0.15) is 0 Å². The Morgan fingerprint density at radius 1 is 1.07 bits per heavy atom. The van der Waals surface area contributed by atoms with Gasteiger partial charge >= 0.3 is 5.97 Å². The molecule has 1 aromatic heterocycles. The molecule has 0 aliphatic rings. The minimum absolute atomic E-state index is 0.0199. The first-order chi connectivity index (χ1) is 13.7. The Bertz CT molecular complexity index is 1210. The maximum atomic E-state index is 12.8. The largest absolute Gasteiger partial charge is 0.478 e. The number of rotatable bonds is 6. The van der Waals surface area contributed by atoms with Crippen LogP contribution < -0.4 is 0 Å². The zero-order chi connectivity index (χ0) is 21.3. The minimum atomic E-state index is -3.74. The molecular formula is C20H18Cl2N2O4S. The van der Waals surface area contributed by atoms with Crippen molar-refractivity contribution < 1.29 is 18.3 Å². The Morgan fingerprint density at radius 3 is 2.38 bits per heavy atom. The molecule has 6 nitrogen and oxygen atoms in total. The number of carboxylic acid groups (broad SMARTS) is 1. The summed E-state index contributed by atoms with van der Waals surface area (Å²) in [5.41, 5.74) is 1.09. The van der Waals surface area contributed by atoms with Crippen LogP contribution in [0.4, 0.5) is 0 Å². The Labute approximate surface area is 178 Å². The second kappa shape index (κ2) is 8.28. The van der Waals surface area contributed by atoms with Crippen LogP contribution >= 0.6 is 23.2 Å². The second-order valence-electron chi connectivity index (χ2n) is 6.25. The van der Waals surface area contributed by atoms with Crippen molar-refractivity contribution in [3.8, 4) is 11.3 Å². The fraction of sp³-hybridized carbons (Fsp3) is 0.200. The van der Waals surface area contributed by atoms with Gasteiger partial charge in [0.15, 0.2) is 0 Å². The van der Waals surface area contributed by atoms with Crippen LogP contribution in [-0.4, -0.2) is 41.9 Å². The van der Waals surface area contributed by atoms with Crippen molar-refractivity contribution in [1.82, 2.24) is 9.29 Å². The van der Waals surface area contributed by atoms with E-state index in [0.29, 0.717) is 39.9 Å². The van der Waals surface area contributed by atoms with E-state index in [1.165, 1.54) is 28.6 Å². The molecule has 1 N–H and O–H groups in total. The molecule has 152 valence electrons. The quantitative estimate of drug-likeness (QED) is 0.572. The summed E-state index contributed by atoms with van der Waals surface area (Å²) in [5, 5.41) is 10.8. The molecule has 0 aliphatic carbocycles. The molecule has 0 spiro atoms. The van der Waals surface area contributed by atoms with Gasteiger partial charge in [0.05, 0.1) is 26.7 Å². The highest BCUT2D eigenvalue weighted by Gasteiger charge is 2.23. The highest BCUT2D eigenvalue weighted by Crippen LogP contribution is 2.33. The summed E-state index contributed by atoms with van der Waals surface area (Å²) in [6, 6.07) is 10.5. The number of fused-ring (bicyclic) bond motifs is 1. The lowest BCUT2D eigenvalue weighted by Gasteiger charge is -2.19. The van der Waals surface area contributed by atoms with Gasteiger partial charge < -0.3 is 5.11 Å². The fourth-order valence-corrected chi connectivity index (χ4v) is 4.96. The van der Waals surface area contributed by atoms with Crippen LogP contribution in [-0.2, 0) is 10.0 Å². The molecule has 0 saturated heterocycles. The first-order valence-electron chi connectivity index (χ1n) is 8.82. The predicted molar refractivity (Wildman–Crippen MR) is 114 cm³/mol. The summed E-state index contributed by atoms with van der Waals surface area (Å²) in [7, 11) is -3.74. The predicted octanol–water partition coefficient (Wildman–Crippen LogP) is 4.94. The van der Waals surface area contributed by atoms with E-state index in [2.05, 4.69) is 4.98 Å². The molecule has 0 saturated carbocycles. The number of hydrogen-bond acceptors (Lipinski definition) is 4. The van der Waals surface area contributed by atoms with E-state index >= 15 is 0 Å². The summed E-state index contributed by atoms with van der Waals surface area (Å²) in [5.74, 6) is -1.20. The van der Waals surface area contributed by atoms with Crippen LogP contribution in [0.15, 0.2) is 47.4 Å². The highest BCUT2D eigenvalue weighted by atomic mass is 35.5. The number of nitrogens with zero attached hydrogens (tertiary/aromatic N) is 2. The van der Waals surface area contributed by atoms with E-state index in [4.69, 9.17) is 23.2 Å². The van der Waals surface area contributed by atoms with Crippen LogP contribution in [0.2, 0.25) is 10.0 Å². The van der Waals surface area contributed by atoms with Gasteiger partial charge in [-0.25, -0.2) is 18.2 Å². The molecule has 3 rings (SSSR count). The monoisotopic (exact) mass is 452 g/mol. The van der Waals surface area contributed by atoms with Crippen molar-refractivity contribution in [3.63, 3.8) is 0 Å². The van der Waals surface area contributed by atoms with Crippen molar-refractivity contribution in [2.24, 2.45) is 0 Å². The second-order valence-corrected chi connectivity index (χ2v) is 9.03. The zero-order valence-electron chi connectivity index (χ0n) is 15.7. The number of aromatic carboxylic acids is 1. The summed E-state index contributed by atoms with van der Waals surface area (Å²) in [6.45, 7) is 4.11. The number of carbonyl (C=O) groups is 1. The lowest BCUT2D eigenvalue weighted by molar-refractivity contribution is 0.0699. The molecule has 0 atom stereocenters. The lowest BCUT2D eigenvalue weighted by Crippen LogP contribution is -2.30. The Balaban J connectivity index is 2.26. The van der Waals surface area contributed by atoms with Crippen LogP contribution in [0.1, 0.15) is 24.2 Å². The van der Waals surface area contributed by atoms with Crippen LogP contribution in [0.3, 0.4) is 0 Å². The van der Waals surface area contributed by atoms with Gasteiger partial charge in [-0.05, 0) is 42.5 Å². The van der Waals surface area contributed by atoms with E-state index in [-0.39, 0.29) is 15.8 Å². The van der Waals surface area contributed by atoms with E-state index < -0.39 is 16.0 Å². The molecule has 0 amide bonds. The molecule has 0 unspecified atom stereocenters. The Kier molecular flexibility index (Phi) is 6.14. The van der Waals surface area contributed by atoms with Gasteiger partial charge in [-0.15, -0.1) is 0 Å². The van der Waals surface area contributed by atoms with Gasteiger partial charge in [0.2, 0.25) is 10.0 Å². The van der Waals surface area contributed by atoms with Crippen molar-refractivity contribution >= 4 is 50.1 Å². The first kappa shape index (κ1) is 21.5. The molecule has 2 aromatic carbocycles. The number of halogens is 2. The number of aromatic nitrogens is 1. The van der Waals surface area contributed by atoms with Gasteiger partial charge in [-0.2, -0.15) is 4.31 Å². The van der Waals surface area contributed by atoms with Crippen LogP contribution in [0, 0.1) is 0 Å². The Morgan fingerprint density at radius 2 is 1.76 bits per heavy atom. The van der Waals surface area contributed by atoms with Gasteiger partial charge in [-0.1, -0.05) is 37.0 Å². The van der Waals surface area contributed by atoms with E-state index in [1.807, 2.05) is 0 Å². The van der Waals surface area contributed by atoms with Crippen molar-refractivity contribution in [3.05, 3.63) is 58.1 Å². The number of benzene rings is 2. The van der Waals surface area contributed by atoms with Crippen LogP contribution in [0.25, 0.3) is 22.2 Å². The lowest BCUT2D eigenvalue weighted by atomic mass is 10.0. The fourth-order valence-electron chi connectivity index (χ4n) is 3.09. The Hall–Kier alpha value is -2.19. The van der Waals surface area contributed by atoms with E-state index in [9.17, 15) is 18.3 Å². The average molecular weight is 453 g/mol. The molecule has 0 aliphatic heterocycles.